The molecule has 0 saturated heterocycles. The van der Waals surface area contributed by atoms with E-state index in [1.807, 2.05) is 68.4 Å². The second kappa shape index (κ2) is 13.4. The minimum absolute atomic E-state index is 0.0871. The van der Waals surface area contributed by atoms with E-state index in [4.69, 9.17) is 0 Å². The molecule has 0 aliphatic carbocycles. The molecule has 0 bridgehead atoms. The standard InChI is InChI=1S/C33H34FN3O4S/c1-24-12-16-29(17-13-24)37(42(40,41)30-18-14-28(34)15-19-30)23-32(38)36(22-27-11-7-8-25(2)20-27)31(33(39)35-3)21-26-9-5-4-6-10-26/h4-20,31H,21-23H2,1-3H3,(H,35,39). The van der Waals surface area contributed by atoms with Crippen LogP contribution in [-0.2, 0) is 32.6 Å². The quantitative estimate of drug-likeness (QED) is 0.267. The number of anilines is 1. The second-order valence-electron chi connectivity index (χ2n) is 10.1. The third-order valence-corrected chi connectivity index (χ3v) is 8.74. The lowest BCUT2D eigenvalue weighted by Gasteiger charge is -2.33. The molecule has 7 nitrogen and oxygen atoms in total. The number of carbonyl (C=O) groups is 2. The number of aryl methyl sites for hydroxylation is 2. The van der Waals surface area contributed by atoms with Crippen LogP contribution in [0, 0.1) is 19.7 Å². The van der Waals surface area contributed by atoms with Gasteiger partial charge in [0.2, 0.25) is 11.8 Å². The Morgan fingerprint density at radius 3 is 2.07 bits per heavy atom. The Morgan fingerprint density at radius 1 is 0.810 bits per heavy atom. The average molecular weight is 588 g/mol. The van der Waals surface area contributed by atoms with Gasteiger partial charge in [-0.1, -0.05) is 77.9 Å². The molecule has 42 heavy (non-hydrogen) atoms. The van der Waals surface area contributed by atoms with Crippen molar-refractivity contribution in [1.29, 1.82) is 0 Å². The summed E-state index contributed by atoms with van der Waals surface area (Å²) in [5.41, 5.74) is 3.82. The zero-order valence-electron chi connectivity index (χ0n) is 23.8. The smallest absolute Gasteiger partial charge is 0.264 e. The number of benzene rings is 4. The topological polar surface area (TPSA) is 86.8 Å². The highest BCUT2D eigenvalue weighted by molar-refractivity contribution is 7.92. The molecule has 0 fully saturated rings. The van der Waals surface area contributed by atoms with Crippen molar-refractivity contribution in [3.05, 3.63) is 131 Å². The summed E-state index contributed by atoms with van der Waals surface area (Å²) < 4.78 is 42.5. The summed E-state index contributed by atoms with van der Waals surface area (Å²) in [6, 6.07) is 27.2. The predicted octanol–water partition coefficient (Wildman–Crippen LogP) is 5.02. The predicted molar refractivity (Wildman–Crippen MR) is 162 cm³/mol. The first-order chi connectivity index (χ1) is 20.1. The van der Waals surface area contributed by atoms with E-state index < -0.39 is 34.3 Å². The summed E-state index contributed by atoms with van der Waals surface area (Å²) in [6.45, 7) is 3.32. The van der Waals surface area contributed by atoms with Gasteiger partial charge < -0.3 is 10.2 Å². The molecule has 4 rings (SSSR count). The van der Waals surface area contributed by atoms with Crippen LogP contribution in [0.4, 0.5) is 10.1 Å². The molecule has 0 saturated carbocycles. The molecule has 1 N–H and O–H groups in total. The van der Waals surface area contributed by atoms with Crippen LogP contribution in [0.2, 0.25) is 0 Å². The third kappa shape index (κ3) is 7.41. The summed E-state index contributed by atoms with van der Waals surface area (Å²) in [7, 11) is -2.78. The van der Waals surface area contributed by atoms with Gasteiger partial charge >= 0.3 is 0 Å². The summed E-state index contributed by atoms with van der Waals surface area (Å²) >= 11 is 0. The van der Waals surface area contributed by atoms with Crippen molar-refractivity contribution >= 4 is 27.5 Å². The zero-order valence-corrected chi connectivity index (χ0v) is 24.6. The van der Waals surface area contributed by atoms with Crippen LogP contribution >= 0.6 is 0 Å². The van der Waals surface area contributed by atoms with Crippen molar-refractivity contribution in [1.82, 2.24) is 10.2 Å². The molecular weight excluding hydrogens is 553 g/mol. The first kappa shape index (κ1) is 30.5. The van der Waals surface area contributed by atoms with Gasteiger partial charge in [0.05, 0.1) is 10.6 Å². The van der Waals surface area contributed by atoms with Gasteiger partial charge in [0.15, 0.2) is 0 Å². The number of hydrogen-bond donors (Lipinski definition) is 1. The van der Waals surface area contributed by atoms with Gasteiger partial charge in [-0.25, -0.2) is 12.8 Å². The van der Waals surface area contributed by atoms with E-state index in [-0.39, 0.29) is 29.5 Å². The van der Waals surface area contributed by atoms with E-state index in [2.05, 4.69) is 5.32 Å². The molecule has 4 aromatic carbocycles. The van der Waals surface area contributed by atoms with Crippen molar-refractivity contribution in [3.63, 3.8) is 0 Å². The number of halogens is 1. The van der Waals surface area contributed by atoms with Crippen molar-refractivity contribution in [2.75, 3.05) is 17.9 Å². The molecular formula is C33H34FN3O4S. The van der Waals surface area contributed by atoms with E-state index in [1.165, 1.54) is 24.1 Å². The number of amides is 2. The molecule has 0 aromatic heterocycles. The summed E-state index contributed by atoms with van der Waals surface area (Å²) in [4.78, 5) is 28.8. The van der Waals surface area contributed by atoms with Crippen molar-refractivity contribution < 1.29 is 22.4 Å². The summed E-state index contributed by atoms with van der Waals surface area (Å²) in [5.74, 6) is -1.51. The van der Waals surface area contributed by atoms with E-state index in [0.29, 0.717) is 0 Å². The highest BCUT2D eigenvalue weighted by atomic mass is 32.2. The molecule has 1 unspecified atom stereocenters. The number of rotatable bonds is 11. The molecule has 9 heteroatoms. The number of likely N-dealkylation sites (N-methyl/N-ethyl adjacent to an activating group) is 1. The fraction of sp³-hybridized carbons (Fsp3) is 0.212. The number of carbonyl (C=O) groups excluding carboxylic acids is 2. The van der Waals surface area contributed by atoms with E-state index in [0.717, 1.165) is 38.7 Å². The Bertz CT molecular complexity index is 1630. The second-order valence-corrected chi connectivity index (χ2v) is 12.0. The number of hydrogen-bond acceptors (Lipinski definition) is 4. The van der Waals surface area contributed by atoms with Crippen LogP contribution in [0.3, 0.4) is 0 Å². The van der Waals surface area contributed by atoms with Crippen molar-refractivity contribution in [2.45, 2.75) is 37.8 Å². The maximum absolute atomic E-state index is 14.2. The Kier molecular flexibility index (Phi) is 9.75. The lowest BCUT2D eigenvalue weighted by Crippen LogP contribution is -2.53. The Hall–Kier alpha value is -4.50. The van der Waals surface area contributed by atoms with Crippen LogP contribution in [-0.4, -0.2) is 44.8 Å². The first-order valence-electron chi connectivity index (χ1n) is 13.5. The van der Waals surface area contributed by atoms with E-state index in [1.54, 1.807) is 24.3 Å². The lowest BCUT2D eigenvalue weighted by molar-refractivity contribution is -0.139. The zero-order chi connectivity index (χ0) is 30.3. The Labute approximate surface area is 246 Å². The lowest BCUT2D eigenvalue weighted by atomic mass is 10.0. The van der Waals surface area contributed by atoms with Crippen LogP contribution in [0.1, 0.15) is 22.3 Å². The minimum atomic E-state index is -4.28. The normalized spacial score (nSPS) is 11.9. The maximum Gasteiger partial charge on any atom is 0.264 e. The SMILES string of the molecule is CNC(=O)C(Cc1ccccc1)N(Cc1cccc(C)c1)C(=O)CN(c1ccc(C)cc1)S(=O)(=O)c1ccc(F)cc1. The largest absolute Gasteiger partial charge is 0.357 e. The molecule has 0 aliphatic rings. The first-order valence-corrected chi connectivity index (χ1v) is 15.0. The monoisotopic (exact) mass is 587 g/mol. The molecule has 4 aromatic rings. The van der Waals surface area contributed by atoms with E-state index >= 15 is 0 Å². The maximum atomic E-state index is 14.2. The molecule has 2 amide bonds. The molecule has 218 valence electrons. The number of nitrogens with zero attached hydrogens (tertiary/aromatic N) is 2. The summed E-state index contributed by atoms with van der Waals surface area (Å²) in [5, 5.41) is 2.67. The van der Waals surface area contributed by atoms with Gasteiger partial charge in [-0.05, 0) is 61.4 Å². The Balaban J connectivity index is 1.78. The highest BCUT2D eigenvalue weighted by Crippen LogP contribution is 2.26. The molecule has 0 spiro atoms. The van der Waals surface area contributed by atoms with Gasteiger partial charge in [-0.15, -0.1) is 0 Å². The third-order valence-electron chi connectivity index (χ3n) is 6.96. The summed E-state index contributed by atoms with van der Waals surface area (Å²) in [6.07, 6.45) is 0.229. The molecule has 0 radical (unpaired) electrons. The fourth-order valence-corrected chi connectivity index (χ4v) is 6.12. The van der Waals surface area contributed by atoms with Gasteiger partial charge in [0.25, 0.3) is 10.0 Å². The van der Waals surface area contributed by atoms with Crippen LogP contribution in [0.25, 0.3) is 0 Å². The van der Waals surface area contributed by atoms with Gasteiger partial charge in [-0.3, -0.25) is 13.9 Å². The average Bonchev–Trinajstić information content (AvgIpc) is 2.98. The van der Waals surface area contributed by atoms with Crippen LogP contribution < -0.4 is 9.62 Å². The van der Waals surface area contributed by atoms with Gasteiger partial charge in [0.1, 0.15) is 18.4 Å². The molecule has 0 heterocycles. The minimum Gasteiger partial charge on any atom is -0.357 e. The van der Waals surface area contributed by atoms with Crippen LogP contribution in [0.5, 0.6) is 0 Å². The van der Waals surface area contributed by atoms with Gasteiger partial charge in [-0.2, -0.15) is 0 Å². The molecule has 1 atom stereocenters. The number of sulfonamides is 1. The molecule has 0 aliphatic heterocycles. The number of nitrogens with one attached hydrogen (secondary N) is 1. The van der Waals surface area contributed by atoms with Crippen molar-refractivity contribution in [3.8, 4) is 0 Å². The van der Waals surface area contributed by atoms with Gasteiger partial charge in [0, 0.05) is 20.0 Å². The van der Waals surface area contributed by atoms with Crippen molar-refractivity contribution in [2.24, 2.45) is 0 Å². The van der Waals surface area contributed by atoms with E-state index in [9.17, 15) is 22.4 Å². The Morgan fingerprint density at radius 2 is 1.45 bits per heavy atom. The highest BCUT2D eigenvalue weighted by Gasteiger charge is 2.34. The van der Waals surface area contributed by atoms with Crippen LogP contribution in [0.15, 0.2) is 108 Å². The fourth-order valence-electron chi connectivity index (χ4n) is 4.70.